The van der Waals surface area contributed by atoms with E-state index in [4.69, 9.17) is 4.74 Å². The summed E-state index contributed by atoms with van der Waals surface area (Å²) in [5.41, 5.74) is 0. The SMILES string of the molecule is CCC(CBr)CN(C)CC1CCCCO1. The zero-order valence-corrected chi connectivity index (χ0v) is 11.6. The Labute approximate surface area is 102 Å². The van der Waals surface area contributed by atoms with Crippen LogP contribution in [0.2, 0.25) is 0 Å². The number of halogens is 1. The molecule has 0 aromatic rings. The summed E-state index contributed by atoms with van der Waals surface area (Å²) in [6.45, 7) is 5.51. The van der Waals surface area contributed by atoms with Crippen LogP contribution < -0.4 is 0 Å². The Morgan fingerprint density at radius 1 is 1.47 bits per heavy atom. The molecule has 0 saturated carbocycles. The lowest BCUT2D eigenvalue weighted by atomic mass is 10.1. The molecule has 1 aliphatic heterocycles. The second-order valence-corrected chi connectivity index (χ2v) is 5.29. The second kappa shape index (κ2) is 7.64. The molecule has 1 saturated heterocycles. The predicted octanol–water partition coefficient (Wildman–Crippen LogP) is 2.91. The lowest BCUT2D eigenvalue weighted by molar-refractivity contribution is -0.00309. The van der Waals surface area contributed by atoms with E-state index in [1.165, 1.54) is 32.2 Å². The van der Waals surface area contributed by atoms with Crippen molar-refractivity contribution in [2.24, 2.45) is 5.92 Å². The fraction of sp³-hybridized carbons (Fsp3) is 1.00. The summed E-state index contributed by atoms with van der Waals surface area (Å²) in [4.78, 5) is 2.42. The van der Waals surface area contributed by atoms with Crippen molar-refractivity contribution in [2.45, 2.75) is 38.7 Å². The first-order valence-electron chi connectivity index (χ1n) is 6.12. The highest BCUT2D eigenvalue weighted by Crippen LogP contribution is 2.15. The first kappa shape index (κ1) is 13.5. The third-order valence-electron chi connectivity index (χ3n) is 3.15. The zero-order chi connectivity index (χ0) is 11.1. The molecule has 0 spiro atoms. The Hall–Kier alpha value is 0.400. The van der Waals surface area contributed by atoms with Crippen LogP contribution in [-0.2, 0) is 4.74 Å². The van der Waals surface area contributed by atoms with Crippen LogP contribution in [0.5, 0.6) is 0 Å². The fourth-order valence-corrected chi connectivity index (χ4v) is 2.76. The number of hydrogen-bond donors (Lipinski definition) is 0. The van der Waals surface area contributed by atoms with E-state index in [-0.39, 0.29) is 0 Å². The third kappa shape index (κ3) is 5.32. The molecule has 1 heterocycles. The molecule has 1 fully saturated rings. The van der Waals surface area contributed by atoms with Crippen molar-refractivity contribution in [3.8, 4) is 0 Å². The minimum absolute atomic E-state index is 0.483. The maximum absolute atomic E-state index is 5.74. The Kier molecular flexibility index (Phi) is 6.86. The summed E-state index contributed by atoms with van der Waals surface area (Å²) < 4.78 is 5.74. The minimum Gasteiger partial charge on any atom is -0.377 e. The summed E-state index contributed by atoms with van der Waals surface area (Å²) in [6.07, 6.45) is 5.57. The van der Waals surface area contributed by atoms with Crippen LogP contribution in [0.1, 0.15) is 32.6 Å². The summed E-state index contributed by atoms with van der Waals surface area (Å²) in [6, 6.07) is 0. The number of nitrogens with zero attached hydrogens (tertiary/aromatic N) is 1. The molecule has 0 bridgehead atoms. The molecule has 2 atom stereocenters. The summed E-state index contributed by atoms with van der Waals surface area (Å²) in [5.74, 6) is 0.776. The monoisotopic (exact) mass is 277 g/mol. The van der Waals surface area contributed by atoms with Gasteiger partial charge < -0.3 is 9.64 Å². The van der Waals surface area contributed by atoms with Crippen LogP contribution in [0.4, 0.5) is 0 Å². The molecule has 0 aromatic heterocycles. The summed E-state index contributed by atoms with van der Waals surface area (Å²) >= 11 is 3.57. The van der Waals surface area contributed by atoms with E-state index in [1.54, 1.807) is 0 Å². The van der Waals surface area contributed by atoms with E-state index in [9.17, 15) is 0 Å². The van der Waals surface area contributed by atoms with Crippen LogP contribution in [0.3, 0.4) is 0 Å². The highest BCUT2D eigenvalue weighted by Gasteiger charge is 2.17. The van der Waals surface area contributed by atoms with Gasteiger partial charge in [0.2, 0.25) is 0 Å². The molecule has 90 valence electrons. The van der Waals surface area contributed by atoms with Gasteiger partial charge in [0.25, 0.3) is 0 Å². The molecule has 0 N–H and O–H groups in total. The Morgan fingerprint density at radius 3 is 2.80 bits per heavy atom. The molecule has 1 rings (SSSR count). The van der Waals surface area contributed by atoms with Crippen molar-refractivity contribution in [2.75, 3.05) is 32.1 Å². The highest BCUT2D eigenvalue weighted by molar-refractivity contribution is 9.09. The highest BCUT2D eigenvalue weighted by atomic mass is 79.9. The van der Waals surface area contributed by atoms with Crippen molar-refractivity contribution >= 4 is 15.9 Å². The van der Waals surface area contributed by atoms with Crippen LogP contribution in [0.15, 0.2) is 0 Å². The van der Waals surface area contributed by atoms with Gasteiger partial charge in [0, 0.05) is 25.0 Å². The number of ether oxygens (including phenoxy) is 1. The van der Waals surface area contributed by atoms with Gasteiger partial charge in [0.05, 0.1) is 6.10 Å². The van der Waals surface area contributed by atoms with E-state index in [2.05, 4.69) is 34.8 Å². The fourth-order valence-electron chi connectivity index (χ4n) is 2.10. The molecule has 2 nitrogen and oxygen atoms in total. The average Bonchev–Trinajstić information content (AvgIpc) is 2.27. The van der Waals surface area contributed by atoms with Gasteiger partial charge in [-0.3, -0.25) is 0 Å². The predicted molar refractivity (Wildman–Crippen MR) is 68.7 cm³/mol. The molecular formula is C12H24BrNO. The standard InChI is InChI=1S/C12H24BrNO/c1-3-11(8-13)9-14(2)10-12-6-4-5-7-15-12/h11-12H,3-10H2,1-2H3. The molecule has 0 amide bonds. The minimum atomic E-state index is 0.483. The number of alkyl halides is 1. The normalized spacial score (nSPS) is 24.4. The van der Waals surface area contributed by atoms with Crippen molar-refractivity contribution in [1.82, 2.24) is 4.90 Å². The van der Waals surface area contributed by atoms with Gasteiger partial charge >= 0.3 is 0 Å². The van der Waals surface area contributed by atoms with Crippen LogP contribution in [-0.4, -0.2) is 43.1 Å². The van der Waals surface area contributed by atoms with Gasteiger partial charge in [-0.2, -0.15) is 0 Å². The van der Waals surface area contributed by atoms with E-state index in [0.29, 0.717) is 6.10 Å². The molecule has 0 aliphatic carbocycles. The lowest BCUT2D eigenvalue weighted by Crippen LogP contribution is -2.36. The Morgan fingerprint density at radius 2 is 2.27 bits per heavy atom. The average molecular weight is 278 g/mol. The van der Waals surface area contributed by atoms with Gasteiger partial charge in [-0.25, -0.2) is 0 Å². The number of hydrogen-bond acceptors (Lipinski definition) is 2. The van der Waals surface area contributed by atoms with Crippen LogP contribution in [0.25, 0.3) is 0 Å². The molecule has 3 heteroatoms. The first-order chi connectivity index (χ1) is 7.26. The van der Waals surface area contributed by atoms with Gasteiger partial charge in [-0.1, -0.05) is 29.3 Å². The smallest absolute Gasteiger partial charge is 0.0701 e. The summed E-state index contributed by atoms with van der Waals surface area (Å²) in [7, 11) is 2.21. The van der Waals surface area contributed by atoms with Crippen LogP contribution in [0, 0.1) is 5.92 Å². The molecule has 0 radical (unpaired) electrons. The Bertz CT molecular complexity index is 156. The largest absolute Gasteiger partial charge is 0.377 e. The maximum Gasteiger partial charge on any atom is 0.0701 e. The second-order valence-electron chi connectivity index (χ2n) is 4.64. The van der Waals surface area contributed by atoms with Gasteiger partial charge in [0.1, 0.15) is 0 Å². The van der Waals surface area contributed by atoms with Gasteiger partial charge in [-0.15, -0.1) is 0 Å². The molecule has 1 aliphatic rings. The van der Waals surface area contributed by atoms with Crippen molar-refractivity contribution < 1.29 is 4.74 Å². The lowest BCUT2D eigenvalue weighted by Gasteiger charge is -2.29. The van der Waals surface area contributed by atoms with Crippen molar-refractivity contribution in [1.29, 1.82) is 0 Å². The Balaban J connectivity index is 2.18. The van der Waals surface area contributed by atoms with Crippen LogP contribution >= 0.6 is 15.9 Å². The molecular weight excluding hydrogens is 254 g/mol. The topological polar surface area (TPSA) is 12.5 Å². The van der Waals surface area contributed by atoms with Gasteiger partial charge in [-0.05, 0) is 32.2 Å². The maximum atomic E-state index is 5.74. The van der Waals surface area contributed by atoms with Gasteiger partial charge in [0.15, 0.2) is 0 Å². The van der Waals surface area contributed by atoms with E-state index in [0.717, 1.165) is 24.4 Å². The summed E-state index contributed by atoms with van der Waals surface area (Å²) in [5, 5.41) is 1.11. The number of likely N-dealkylation sites (N-methyl/N-ethyl adjacent to an activating group) is 1. The zero-order valence-electron chi connectivity index (χ0n) is 10.0. The number of rotatable bonds is 6. The quantitative estimate of drug-likeness (QED) is 0.693. The molecule has 2 unspecified atom stereocenters. The molecule has 0 aromatic carbocycles. The van der Waals surface area contributed by atoms with Crippen molar-refractivity contribution in [3.05, 3.63) is 0 Å². The first-order valence-corrected chi connectivity index (χ1v) is 7.24. The van der Waals surface area contributed by atoms with E-state index >= 15 is 0 Å². The van der Waals surface area contributed by atoms with Crippen molar-refractivity contribution in [3.63, 3.8) is 0 Å². The van der Waals surface area contributed by atoms with E-state index in [1.807, 2.05) is 0 Å². The van der Waals surface area contributed by atoms with E-state index < -0.39 is 0 Å². The third-order valence-corrected chi connectivity index (χ3v) is 4.07. The molecule has 15 heavy (non-hydrogen) atoms.